The molecule has 1 N–H and O–H groups in total. The van der Waals surface area contributed by atoms with E-state index < -0.39 is 0 Å². The van der Waals surface area contributed by atoms with Crippen LogP contribution in [0.25, 0.3) is 22.4 Å². The molecule has 1 aliphatic heterocycles. The summed E-state index contributed by atoms with van der Waals surface area (Å²) in [6.07, 6.45) is 0. The molecule has 1 aliphatic rings. The van der Waals surface area contributed by atoms with Gasteiger partial charge in [0.1, 0.15) is 13.2 Å². The second-order valence-corrected chi connectivity index (χ2v) is 6.68. The first-order valence-corrected chi connectivity index (χ1v) is 9.22. The van der Waals surface area contributed by atoms with E-state index in [1.165, 1.54) is 0 Å². The Morgan fingerprint density at radius 1 is 1.00 bits per heavy atom. The van der Waals surface area contributed by atoms with Crippen LogP contribution in [0.3, 0.4) is 0 Å². The molecular weight excluding hydrogens is 370 g/mol. The summed E-state index contributed by atoms with van der Waals surface area (Å²) < 4.78 is 16.5. The number of rotatable bonds is 3. The van der Waals surface area contributed by atoms with Gasteiger partial charge in [-0.3, -0.25) is 4.79 Å². The SMILES string of the molecule is Cc1noc2nc(-c3ccccc3)cc(C(=O)Nc3ccc4c(c3)OCCO4)c12. The monoisotopic (exact) mass is 387 g/mol. The first-order chi connectivity index (χ1) is 14.2. The van der Waals surface area contributed by atoms with Crippen LogP contribution in [0.15, 0.2) is 59.1 Å². The number of pyridine rings is 1. The van der Waals surface area contributed by atoms with Crippen LogP contribution in [0.4, 0.5) is 5.69 Å². The van der Waals surface area contributed by atoms with E-state index in [-0.39, 0.29) is 5.91 Å². The Hall–Kier alpha value is -3.87. The Kier molecular flexibility index (Phi) is 4.13. The van der Waals surface area contributed by atoms with E-state index in [9.17, 15) is 4.79 Å². The van der Waals surface area contributed by atoms with E-state index in [2.05, 4.69) is 15.5 Å². The number of hydrogen-bond donors (Lipinski definition) is 1. The summed E-state index contributed by atoms with van der Waals surface area (Å²) in [5.74, 6) is 0.999. The Morgan fingerprint density at radius 3 is 2.62 bits per heavy atom. The average Bonchev–Trinajstić information content (AvgIpc) is 3.14. The number of nitrogens with zero attached hydrogens (tertiary/aromatic N) is 2. The number of ether oxygens (including phenoxy) is 2. The Bertz CT molecular complexity index is 1220. The molecule has 4 aromatic rings. The van der Waals surface area contributed by atoms with Crippen LogP contribution in [-0.4, -0.2) is 29.3 Å². The highest BCUT2D eigenvalue weighted by molar-refractivity contribution is 6.13. The van der Waals surface area contributed by atoms with Gasteiger partial charge in [-0.15, -0.1) is 0 Å². The standard InChI is InChI=1S/C22H17N3O4/c1-13-20-16(12-17(24-22(20)29-25-13)14-5-3-2-4-6-14)21(26)23-15-7-8-18-19(11-15)28-10-9-27-18/h2-8,11-12H,9-10H2,1H3,(H,23,26). The van der Waals surface area contributed by atoms with Crippen LogP contribution in [0.2, 0.25) is 0 Å². The summed E-state index contributed by atoms with van der Waals surface area (Å²) in [6, 6.07) is 16.7. The number of nitrogens with one attached hydrogen (secondary N) is 1. The molecule has 0 spiro atoms. The molecule has 144 valence electrons. The zero-order valence-electron chi connectivity index (χ0n) is 15.6. The minimum Gasteiger partial charge on any atom is -0.486 e. The molecule has 7 nitrogen and oxygen atoms in total. The topological polar surface area (TPSA) is 86.5 Å². The van der Waals surface area contributed by atoms with Gasteiger partial charge >= 0.3 is 0 Å². The third-order valence-corrected chi connectivity index (χ3v) is 4.73. The molecule has 29 heavy (non-hydrogen) atoms. The Labute approximate surface area is 166 Å². The van der Waals surface area contributed by atoms with Gasteiger partial charge in [-0.05, 0) is 25.1 Å². The molecule has 5 rings (SSSR count). The first kappa shape index (κ1) is 17.2. The first-order valence-electron chi connectivity index (χ1n) is 9.22. The lowest BCUT2D eigenvalue weighted by atomic mass is 10.0. The van der Waals surface area contributed by atoms with Crippen LogP contribution in [0.5, 0.6) is 11.5 Å². The van der Waals surface area contributed by atoms with Crippen molar-refractivity contribution in [3.63, 3.8) is 0 Å². The second-order valence-electron chi connectivity index (χ2n) is 6.68. The van der Waals surface area contributed by atoms with Crippen molar-refractivity contribution in [1.29, 1.82) is 0 Å². The van der Waals surface area contributed by atoms with Gasteiger partial charge < -0.3 is 19.3 Å². The summed E-state index contributed by atoms with van der Waals surface area (Å²) in [4.78, 5) is 17.7. The van der Waals surface area contributed by atoms with Gasteiger partial charge in [0, 0.05) is 17.3 Å². The van der Waals surface area contributed by atoms with E-state index in [4.69, 9.17) is 14.0 Å². The van der Waals surface area contributed by atoms with Gasteiger partial charge in [0.2, 0.25) is 0 Å². The maximum Gasteiger partial charge on any atom is 0.259 e. The summed E-state index contributed by atoms with van der Waals surface area (Å²) in [5.41, 5.74) is 3.52. The molecule has 0 aliphatic carbocycles. The largest absolute Gasteiger partial charge is 0.486 e. The number of benzene rings is 2. The van der Waals surface area contributed by atoms with E-state index in [1.807, 2.05) is 30.3 Å². The quantitative estimate of drug-likeness (QED) is 0.566. The number of aryl methyl sites for hydroxylation is 1. The lowest BCUT2D eigenvalue weighted by Gasteiger charge is -2.19. The molecule has 0 atom stereocenters. The van der Waals surface area contributed by atoms with Gasteiger partial charge in [0.05, 0.1) is 22.3 Å². The minimum absolute atomic E-state index is 0.280. The highest BCUT2D eigenvalue weighted by atomic mass is 16.6. The molecule has 2 aromatic carbocycles. The normalized spacial score (nSPS) is 12.7. The fourth-order valence-electron chi connectivity index (χ4n) is 3.35. The van der Waals surface area contributed by atoms with Gasteiger partial charge in [0.15, 0.2) is 11.5 Å². The van der Waals surface area contributed by atoms with Gasteiger partial charge in [-0.1, -0.05) is 35.5 Å². The highest BCUT2D eigenvalue weighted by Crippen LogP contribution is 2.33. The van der Waals surface area contributed by atoms with Crippen molar-refractivity contribution in [2.45, 2.75) is 6.92 Å². The van der Waals surface area contributed by atoms with Crippen molar-refractivity contribution in [2.75, 3.05) is 18.5 Å². The Balaban J connectivity index is 1.55. The maximum absolute atomic E-state index is 13.1. The molecule has 3 heterocycles. The van der Waals surface area contributed by atoms with Crippen LogP contribution < -0.4 is 14.8 Å². The van der Waals surface area contributed by atoms with E-state index in [0.29, 0.717) is 58.5 Å². The molecule has 0 unspecified atom stereocenters. The van der Waals surface area contributed by atoms with E-state index in [0.717, 1.165) is 5.56 Å². The lowest BCUT2D eigenvalue weighted by Crippen LogP contribution is -2.16. The summed E-state index contributed by atoms with van der Waals surface area (Å²) in [7, 11) is 0. The molecule has 0 fully saturated rings. The summed E-state index contributed by atoms with van der Waals surface area (Å²) >= 11 is 0. The van der Waals surface area contributed by atoms with Crippen molar-refractivity contribution < 1.29 is 18.8 Å². The van der Waals surface area contributed by atoms with Gasteiger partial charge in [-0.2, -0.15) is 0 Å². The number of aromatic nitrogens is 2. The summed E-state index contributed by atoms with van der Waals surface area (Å²) in [6.45, 7) is 2.79. The predicted octanol–water partition coefficient (Wildman–Crippen LogP) is 4.22. The number of carbonyl (C=O) groups excluding carboxylic acids is 1. The number of anilines is 1. The Morgan fingerprint density at radius 2 is 1.79 bits per heavy atom. The number of amides is 1. The van der Waals surface area contributed by atoms with Gasteiger partial charge in [-0.25, -0.2) is 4.98 Å². The van der Waals surface area contributed by atoms with Crippen molar-refractivity contribution in [1.82, 2.24) is 10.1 Å². The van der Waals surface area contributed by atoms with Crippen LogP contribution in [-0.2, 0) is 0 Å². The van der Waals surface area contributed by atoms with E-state index in [1.54, 1.807) is 31.2 Å². The third kappa shape index (κ3) is 3.16. The van der Waals surface area contributed by atoms with Gasteiger partial charge in [0.25, 0.3) is 11.6 Å². The number of carbonyl (C=O) groups is 1. The predicted molar refractivity (Wildman–Crippen MR) is 107 cm³/mol. The minimum atomic E-state index is -0.280. The van der Waals surface area contributed by atoms with Crippen LogP contribution in [0.1, 0.15) is 16.1 Å². The zero-order chi connectivity index (χ0) is 19.8. The number of hydrogen-bond acceptors (Lipinski definition) is 6. The second kappa shape index (κ2) is 6.94. The number of fused-ring (bicyclic) bond motifs is 2. The summed E-state index contributed by atoms with van der Waals surface area (Å²) in [5, 5.41) is 7.51. The smallest absolute Gasteiger partial charge is 0.259 e. The zero-order valence-corrected chi connectivity index (χ0v) is 15.6. The van der Waals surface area contributed by atoms with Crippen molar-refractivity contribution in [3.05, 3.63) is 65.9 Å². The molecule has 2 aromatic heterocycles. The van der Waals surface area contributed by atoms with Crippen molar-refractivity contribution >= 4 is 22.7 Å². The average molecular weight is 387 g/mol. The molecule has 0 saturated heterocycles. The molecular formula is C22H17N3O4. The van der Waals surface area contributed by atoms with E-state index >= 15 is 0 Å². The highest BCUT2D eigenvalue weighted by Gasteiger charge is 2.20. The fraction of sp³-hybridized carbons (Fsp3) is 0.136. The fourth-order valence-corrected chi connectivity index (χ4v) is 3.35. The lowest BCUT2D eigenvalue weighted by molar-refractivity contribution is 0.102. The molecule has 0 bridgehead atoms. The van der Waals surface area contributed by atoms with Crippen molar-refractivity contribution in [3.8, 4) is 22.8 Å². The molecule has 0 radical (unpaired) electrons. The molecule has 7 heteroatoms. The maximum atomic E-state index is 13.1. The molecule has 1 amide bonds. The van der Waals surface area contributed by atoms with Crippen molar-refractivity contribution in [2.24, 2.45) is 0 Å². The third-order valence-electron chi connectivity index (χ3n) is 4.73. The molecule has 0 saturated carbocycles. The van der Waals surface area contributed by atoms with Crippen LogP contribution >= 0.6 is 0 Å². The van der Waals surface area contributed by atoms with Crippen LogP contribution in [0, 0.1) is 6.92 Å².